The first-order valence-corrected chi connectivity index (χ1v) is 7.92. The van der Waals surface area contributed by atoms with Crippen LogP contribution in [0.3, 0.4) is 0 Å². The quantitative estimate of drug-likeness (QED) is 0.784. The number of fused-ring (bicyclic) bond motifs is 2. The Hall–Kier alpha value is -0.770. The Bertz CT molecular complexity index is 431. The number of hydrogen-bond acceptors (Lipinski definition) is 3. The predicted octanol–water partition coefficient (Wildman–Crippen LogP) is 3.15. The first kappa shape index (κ1) is 12.3. The molecule has 2 aliphatic rings. The molecule has 1 aromatic heterocycles. The van der Waals surface area contributed by atoms with Crippen molar-refractivity contribution >= 4 is 17.5 Å². The number of thioether (sulfide) groups is 1. The molecule has 0 N–H and O–H groups in total. The van der Waals surface area contributed by atoms with E-state index in [-0.39, 0.29) is 5.92 Å². The van der Waals surface area contributed by atoms with Crippen LogP contribution in [0.15, 0.2) is 12.4 Å². The molecule has 4 heteroatoms. The molecule has 2 bridgehead atoms. The lowest BCUT2D eigenvalue weighted by atomic mass is 9.92. The normalized spacial score (nSPS) is 30.6. The lowest BCUT2D eigenvalue weighted by Gasteiger charge is -2.25. The van der Waals surface area contributed by atoms with Gasteiger partial charge in [-0.05, 0) is 32.1 Å². The lowest BCUT2D eigenvalue weighted by molar-refractivity contribution is 0.0907. The number of hydrogen-bond donors (Lipinski definition) is 0. The summed E-state index contributed by atoms with van der Waals surface area (Å²) in [4.78, 5) is 12.5. The average molecular weight is 264 g/mol. The molecule has 3 heterocycles. The number of aryl methyl sites for hydroxylation is 1. The summed E-state index contributed by atoms with van der Waals surface area (Å²) in [6.07, 6.45) is 9.52. The molecule has 2 unspecified atom stereocenters. The van der Waals surface area contributed by atoms with Crippen molar-refractivity contribution in [1.82, 2.24) is 9.78 Å². The van der Waals surface area contributed by atoms with Crippen molar-refractivity contribution in [2.45, 2.75) is 56.1 Å². The van der Waals surface area contributed by atoms with Gasteiger partial charge in [-0.25, -0.2) is 0 Å². The van der Waals surface area contributed by atoms with Gasteiger partial charge in [0, 0.05) is 29.2 Å². The molecule has 3 rings (SSSR count). The van der Waals surface area contributed by atoms with Gasteiger partial charge in [-0.15, -0.1) is 0 Å². The molecule has 0 radical (unpaired) electrons. The number of ketones is 1. The second-order valence-corrected chi connectivity index (χ2v) is 7.09. The van der Waals surface area contributed by atoms with Crippen molar-refractivity contribution in [3.8, 4) is 0 Å². The van der Waals surface area contributed by atoms with Gasteiger partial charge in [0.25, 0.3) is 0 Å². The molecule has 0 spiro atoms. The monoisotopic (exact) mass is 264 g/mol. The van der Waals surface area contributed by atoms with Gasteiger partial charge in [0.2, 0.25) is 0 Å². The highest BCUT2D eigenvalue weighted by molar-refractivity contribution is 8.00. The van der Waals surface area contributed by atoms with E-state index in [4.69, 9.17) is 0 Å². The summed E-state index contributed by atoms with van der Waals surface area (Å²) < 4.78 is 1.89. The van der Waals surface area contributed by atoms with Crippen molar-refractivity contribution in [1.29, 1.82) is 0 Å². The number of aromatic nitrogens is 2. The standard InChI is InChI=1S/C14H20N2OS/c1-2-5-16-9-11(8-15-16)14(17)10-6-12-3-4-13(7-10)18-12/h8-10,12-13H,2-7H2,1H3. The van der Waals surface area contributed by atoms with E-state index in [1.54, 1.807) is 6.20 Å². The maximum Gasteiger partial charge on any atom is 0.169 e. The second kappa shape index (κ2) is 5.08. The Labute approximate surface area is 112 Å². The van der Waals surface area contributed by atoms with E-state index in [0.717, 1.165) is 41.9 Å². The first-order chi connectivity index (χ1) is 8.76. The topological polar surface area (TPSA) is 34.9 Å². The van der Waals surface area contributed by atoms with E-state index in [2.05, 4.69) is 23.8 Å². The van der Waals surface area contributed by atoms with Gasteiger partial charge in [0.05, 0.1) is 11.8 Å². The van der Waals surface area contributed by atoms with Crippen LogP contribution in [0.5, 0.6) is 0 Å². The fraction of sp³-hybridized carbons (Fsp3) is 0.714. The molecule has 3 nitrogen and oxygen atoms in total. The van der Waals surface area contributed by atoms with Crippen molar-refractivity contribution in [2.24, 2.45) is 5.92 Å². The molecule has 98 valence electrons. The molecule has 1 aromatic rings. The summed E-state index contributed by atoms with van der Waals surface area (Å²) in [6.45, 7) is 3.03. The Morgan fingerprint density at radius 3 is 2.83 bits per heavy atom. The molecule has 0 aliphatic carbocycles. The SMILES string of the molecule is CCCn1cc(C(=O)C2CC3CCC(C2)S3)cn1. The molecular weight excluding hydrogens is 244 g/mol. The van der Waals surface area contributed by atoms with Crippen molar-refractivity contribution in [3.05, 3.63) is 18.0 Å². The Morgan fingerprint density at radius 1 is 1.44 bits per heavy atom. The highest BCUT2D eigenvalue weighted by atomic mass is 32.2. The molecule has 2 aliphatic heterocycles. The van der Waals surface area contributed by atoms with Gasteiger partial charge in [0.1, 0.15) is 0 Å². The van der Waals surface area contributed by atoms with E-state index >= 15 is 0 Å². The third kappa shape index (κ3) is 2.35. The Kier molecular flexibility index (Phi) is 3.46. The highest BCUT2D eigenvalue weighted by Gasteiger charge is 2.38. The number of Topliss-reactive ketones (excluding diaryl/α,β-unsaturated/α-hetero) is 1. The van der Waals surface area contributed by atoms with Gasteiger partial charge in [0.15, 0.2) is 5.78 Å². The summed E-state index contributed by atoms with van der Waals surface area (Å²) >= 11 is 2.11. The summed E-state index contributed by atoms with van der Waals surface area (Å²) in [7, 11) is 0. The number of carbonyl (C=O) groups excluding carboxylic acids is 1. The van der Waals surface area contributed by atoms with Crippen molar-refractivity contribution < 1.29 is 4.79 Å². The number of nitrogens with zero attached hydrogens (tertiary/aromatic N) is 2. The maximum absolute atomic E-state index is 12.5. The summed E-state index contributed by atoms with van der Waals surface area (Å²) in [5.74, 6) is 0.581. The van der Waals surface area contributed by atoms with Crippen LogP contribution < -0.4 is 0 Å². The van der Waals surface area contributed by atoms with Crippen LogP contribution in [0.2, 0.25) is 0 Å². The van der Waals surface area contributed by atoms with E-state index in [9.17, 15) is 4.79 Å². The Morgan fingerprint density at radius 2 is 2.17 bits per heavy atom. The minimum absolute atomic E-state index is 0.253. The Balaban J connectivity index is 1.69. The van der Waals surface area contributed by atoms with Crippen LogP contribution in [0.1, 0.15) is 49.4 Å². The fourth-order valence-corrected chi connectivity index (χ4v) is 4.93. The summed E-state index contributed by atoms with van der Waals surface area (Å²) in [5, 5.41) is 5.74. The highest BCUT2D eigenvalue weighted by Crippen LogP contribution is 2.46. The van der Waals surface area contributed by atoms with Crippen LogP contribution in [0.4, 0.5) is 0 Å². The van der Waals surface area contributed by atoms with Crippen LogP contribution in [0.25, 0.3) is 0 Å². The molecule has 18 heavy (non-hydrogen) atoms. The smallest absolute Gasteiger partial charge is 0.169 e. The van der Waals surface area contributed by atoms with Gasteiger partial charge in [-0.1, -0.05) is 6.92 Å². The van der Waals surface area contributed by atoms with Crippen LogP contribution in [0, 0.1) is 5.92 Å². The number of rotatable bonds is 4. The molecule has 0 amide bonds. The van der Waals surface area contributed by atoms with Crippen LogP contribution >= 0.6 is 11.8 Å². The molecule has 2 saturated heterocycles. The number of carbonyl (C=O) groups is 1. The first-order valence-electron chi connectivity index (χ1n) is 6.98. The molecule has 2 fully saturated rings. The van der Waals surface area contributed by atoms with Gasteiger partial charge < -0.3 is 0 Å². The predicted molar refractivity (Wildman–Crippen MR) is 74.0 cm³/mol. The third-order valence-electron chi connectivity index (χ3n) is 4.03. The van der Waals surface area contributed by atoms with E-state index in [0.29, 0.717) is 5.78 Å². The van der Waals surface area contributed by atoms with E-state index in [1.165, 1.54) is 12.8 Å². The van der Waals surface area contributed by atoms with E-state index < -0.39 is 0 Å². The summed E-state index contributed by atoms with van der Waals surface area (Å²) in [5.41, 5.74) is 0.819. The second-order valence-electron chi connectivity index (χ2n) is 5.48. The zero-order valence-electron chi connectivity index (χ0n) is 10.8. The zero-order valence-corrected chi connectivity index (χ0v) is 11.7. The lowest BCUT2D eigenvalue weighted by Crippen LogP contribution is -2.24. The maximum atomic E-state index is 12.5. The molecular formula is C14H20N2OS. The fourth-order valence-electron chi connectivity index (χ4n) is 3.15. The minimum atomic E-state index is 0.253. The van der Waals surface area contributed by atoms with Crippen LogP contribution in [-0.2, 0) is 6.54 Å². The van der Waals surface area contributed by atoms with Crippen molar-refractivity contribution in [3.63, 3.8) is 0 Å². The van der Waals surface area contributed by atoms with Crippen molar-refractivity contribution in [2.75, 3.05) is 0 Å². The van der Waals surface area contributed by atoms with Crippen LogP contribution in [-0.4, -0.2) is 26.1 Å². The largest absolute Gasteiger partial charge is 0.294 e. The average Bonchev–Trinajstić information content (AvgIpc) is 2.96. The van der Waals surface area contributed by atoms with Gasteiger partial charge >= 0.3 is 0 Å². The summed E-state index contributed by atoms with van der Waals surface area (Å²) in [6, 6.07) is 0. The van der Waals surface area contributed by atoms with Gasteiger partial charge in [-0.2, -0.15) is 16.9 Å². The zero-order chi connectivity index (χ0) is 12.5. The minimum Gasteiger partial charge on any atom is -0.294 e. The van der Waals surface area contributed by atoms with Gasteiger partial charge in [-0.3, -0.25) is 9.48 Å². The van der Waals surface area contributed by atoms with E-state index in [1.807, 2.05) is 10.9 Å². The molecule has 0 aromatic carbocycles. The molecule has 2 atom stereocenters. The third-order valence-corrected chi connectivity index (χ3v) is 5.66. The molecule has 0 saturated carbocycles.